The summed E-state index contributed by atoms with van der Waals surface area (Å²) in [6.07, 6.45) is 3.68. The summed E-state index contributed by atoms with van der Waals surface area (Å²) in [5.41, 5.74) is 5.07. The van der Waals surface area contributed by atoms with Gasteiger partial charge in [0.1, 0.15) is 5.75 Å². The fourth-order valence-corrected chi connectivity index (χ4v) is 6.95. The lowest BCUT2D eigenvalue weighted by atomic mass is 9.52. The summed E-state index contributed by atoms with van der Waals surface area (Å²) in [6.45, 7) is 0. The molecule has 0 spiro atoms. The number of carbonyl (C=O) groups is 5. The Morgan fingerprint density at radius 2 is 1.68 bits per heavy atom. The van der Waals surface area contributed by atoms with Gasteiger partial charge in [0.05, 0.1) is 17.5 Å². The third-order valence-electron chi connectivity index (χ3n) is 8.80. The first-order chi connectivity index (χ1) is 19.3. The van der Waals surface area contributed by atoms with Crippen molar-refractivity contribution in [3.8, 4) is 5.75 Å². The second-order valence-corrected chi connectivity index (χ2v) is 11.6. The van der Waals surface area contributed by atoms with Crippen molar-refractivity contribution in [3.63, 3.8) is 0 Å². The molecule has 2 aromatic rings. The highest BCUT2D eigenvalue weighted by Crippen LogP contribution is 2.52. The van der Waals surface area contributed by atoms with Crippen LogP contribution in [-0.4, -0.2) is 84.0 Å². The van der Waals surface area contributed by atoms with Gasteiger partial charge in [0.2, 0.25) is 5.91 Å². The molecule has 5 rings (SSSR count). The monoisotopic (exact) mass is 559 g/mol. The highest BCUT2D eigenvalue weighted by molar-refractivity contribution is 6.32. The number of amides is 1. The van der Waals surface area contributed by atoms with Crippen LogP contribution in [0.5, 0.6) is 5.75 Å². The number of anilines is 1. The molecule has 0 aliphatic heterocycles. The number of nitrogens with zero attached hydrogens (tertiary/aromatic N) is 2. The smallest absolute Gasteiger partial charge is 0.235 e. The van der Waals surface area contributed by atoms with Crippen molar-refractivity contribution in [1.29, 1.82) is 0 Å². The summed E-state index contributed by atoms with van der Waals surface area (Å²) in [6, 6.07) is 10.0. The number of ketones is 4. The van der Waals surface area contributed by atoms with Crippen molar-refractivity contribution < 1.29 is 34.2 Å². The number of fused-ring (bicyclic) bond motifs is 3. The standard InChI is InChI=1S/C31H33N3O7/c1-33(2)20-14-16(11-10-15-8-6-5-7-9-15)25(35)22-18(20)12-17-13-19-24(34(3)4)27(37)23(30(32)40)29(39)31(19,41)28(38)21(17)26(22)36/h5-11,14,17,19,21,23-24,35,41H,12-13H2,1-4H3,(H2,32,40)/t17-,19-,21?,23?,24-,31-/m0/s1. The molecular weight excluding hydrogens is 526 g/mol. The molecule has 10 heteroatoms. The number of aliphatic hydroxyl groups is 1. The summed E-state index contributed by atoms with van der Waals surface area (Å²) in [5, 5.41) is 23.1. The maximum Gasteiger partial charge on any atom is 0.235 e. The van der Waals surface area contributed by atoms with Crippen molar-refractivity contribution in [2.75, 3.05) is 33.1 Å². The van der Waals surface area contributed by atoms with Gasteiger partial charge in [-0.15, -0.1) is 0 Å². The van der Waals surface area contributed by atoms with Crippen LogP contribution in [0.15, 0.2) is 36.4 Å². The van der Waals surface area contributed by atoms with E-state index in [9.17, 15) is 34.2 Å². The number of Topliss-reactive ketones (excluding diaryl/α,β-unsaturated/α-hetero) is 4. The fraction of sp³-hybridized carbons (Fsp3) is 0.387. The van der Waals surface area contributed by atoms with Gasteiger partial charge >= 0.3 is 0 Å². The molecule has 0 bridgehead atoms. The summed E-state index contributed by atoms with van der Waals surface area (Å²) in [5.74, 6) is -10.6. The third kappa shape index (κ3) is 4.20. The number of hydrogen-bond acceptors (Lipinski definition) is 9. The number of nitrogens with two attached hydrogens (primary N) is 1. The molecule has 41 heavy (non-hydrogen) atoms. The molecule has 0 saturated heterocycles. The van der Waals surface area contributed by atoms with Gasteiger partial charge in [-0.25, -0.2) is 0 Å². The van der Waals surface area contributed by atoms with Crippen molar-refractivity contribution in [2.45, 2.75) is 24.5 Å². The zero-order chi connectivity index (χ0) is 30.0. The SMILES string of the molecule is CN(C)c1cc(C=Cc2ccccc2)c(O)c2c1C[C@H]1C[C@H]3[C@H](N(C)C)C(=O)C(C(N)=O)C(=O)[C@@]3(O)C(=O)C1C2=O. The number of aromatic hydroxyl groups is 1. The van der Waals surface area contributed by atoms with Crippen molar-refractivity contribution in [1.82, 2.24) is 4.90 Å². The Morgan fingerprint density at radius 1 is 1.02 bits per heavy atom. The van der Waals surface area contributed by atoms with E-state index < -0.39 is 64.4 Å². The molecule has 214 valence electrons. The first kappa shape index (κ1) is 28.4. The van der Waals surface area contributed by atoms with Crippen molar-refractivity contribution in [3.05, 3.63) is 58.7 Å². The van der Waals surface area contributed by atoms with Crippen LogP contribution in [0.4, 0.5) is 5.69 Å². The van der Waals surface area contributed by atoms with Crippen molar-refractivity contribution in [2.24, 2.45) is 29.4 Å². The molecule has 4 N–H and O–H groups in total. The number of benzene rings is 2. The minimum atomic E-state index is -2.75. The zero-order valence-corrected chi connectivity index (χ0v) is 23.3. The van der Waals surface area contributed by atoms with E-state index in [4.69, 9.17) is 5.73 Å². The quantitative estimate of drug-likeness (QED) is 0.360. The lowest BCUT2D eigenvalue weighted by Gasteiger charge is -2.52. The molecule has 0 radical (unpaired) electrons. The molecule has 2 unspecified atom stereocenters. The van der Waals surface area contributed by atoms with E-state index in [0.29, 0.717) is 16.8 Å². The maximum atomic E-state index is 14.1. The zero-order valence-electron chi connectivity index (χ0n) is 23.3. The molecule has 10 nitrogen and oxygen atoms in total. The van der Waals surface area contributed by atoms with E-state index in [2.05, 4.69) is 0 Å². The van der Waals surface area contributed by atoms with Crippen LogP contribution >= 0.6 is 0 Å². The topological polar surface area (TPSA) is 158 Å². The molecule has 0 heterocycles. The van der Waals surface area contributed by atoms with Gasteiger partial charge < -0.3 is 20.8 Å². The van der Waals surface area contributed by atoms with E-state index >= 15 is 0 Å². The Hall–Kier alpha value is -4.15. The Bertz CT molecular complexity index is 1510. The summed E-state index contributed by atoms with van der Waals surface area (Å²) < 4.78 is 0. The van der Waals surface area contributed by atoms with Crippen LogP contribution in [0.2, 0.25) is 0 Å². The lowest BCUT2D eigenvalue weighted by molar-refractivity contribution is -0.181. The fourth-order valence-electron chi connectivity index (χ4n) is 6.95. The number of likely N-dealkylation sites (N-methyl/N-ethyl adjacent to an activating group) is 1. The average molecular weight is 560 g/mol. The highest BCUT2D eigenvalue weighted by Gasteiger charge is 2.69. The molecule has 3 aliphatic rings. The van der Waals surface area contributed by atoms with Crippen LogP contribution < -0.4 is 10.6 Å². The van der Waals surface area contributed by atoms with Gasteiger partial charge in [-0.1, -0.05) is 42.5 Å². The third-order valence-corrected chi connectivity index (χ3v) is 8.80. The van der Waals surface area contributed by atoms with E-state index in [1.165, 1.54) is 4.90 Å². The predicted molar refractivity (Wildman–Crippen MR) is 151 cm³/mol. The number of phenolic OH excluding ortho intramolecular Hbond substituents is 1. The van der Waals surface area contributed by atoms with E-state index in [1.54, 1.807) is 32.3 Å². The number of carbonyl (C=O) groups excluding carboxylic acids is 5. The van der Waals surface area contributed by atoms with E-state index in [0.717, 1.165) is 5.56 Å². The van der Waals surface area contributed by atoms with E-state index in [-0.39, 0.29) is 24.2 Å². The first-order valence-electron chi connectivity index (χ1n) is 13.4. The lowest BCUT2D eigenvalue weighted by Crippen LogP contribution is -2.74. The summed E-state index contributed by atoms with van der Waals surface area (Å²) in [4.78, 5) is 70.2. The second kappa shape index (κ2) is 10.0. The van der Waals surface area contributed by atoms with Crippen LogP contribution in [0.25, 0.3) is 12.2 Å². The Kier molecular flexibility index (Phi) is 6.95. The normalized spacial score (nSPS) is 29.4. The summed E-state index contributed by atoms with van der Waals surface area (Å²) >= 11 is 0. The Labute approximate surface area is 237 Å². The largest absolute Gasteiger partial charge is 0.507 e. The predicted octanol–water partition coefficient (Wildman–Crippen LogP) is 1.10. The molecule has 2 fully saturated rings. The van der Waals surface area contributed by atoms with Gasteiger partial charge in [-0.05, 0) is 50.0 Å². The summed E-state index contributed by atoms with van der Waals surface area (Å²) in [7, 11) is 6.73. The number of rotatable bonds is 5. The number of phenols is 1. The average Bonchev–Trinajstić information content (AvgIpc) is 2.90. The van der Waals surface area contributed by atoms with Gasteiger partial charge in [-0.3, -0.25) is 28.9 Å². The van der Waals surface area contributed by atoms with Gasteiger partial charge in [0, 0.05) is 31.3 Å². The Morgan fingerprint density at radius 3 is 2.27 bits per heavy atom. The van der Waals surface area contributed by atoms with Crippen LogP contribution in [0.1, 0.15) is 33.5 Å². The van der Waals surface area contributed by atoms with Gasteiger partial charge in [0.15, 0.2) is 34.7 Å². The maximum absolute atomic E-state index is 14.1. The molecule has 3 aliphatic carbocycles. The number of hydrogen-bond donors (Lipinski definition) is 3. The minimum Gasteiger partial charge on any atom is -0.507 e. The second-order valence-electron chi connectivity index (χ2n) is 11.6. The van der Waals surface area contributed by atoms with Crippen LogP contribution in [0.3, 0.4) is 0 Å². The Balaban J connectivity index is 1.64. The highest BCUT2D eigenvalue weighted by atomic mass is 16.3. The first-order valence-corrected chi connectivity index (χ1v) is 13.4. The minimum absolute atomic E-state index is 0.00713. The van der Waals surface area contributed by atoms with Gasteiger partial charge in [0.25, 0.3) is 0 Å². The van der Waals surface area contributed by atoms with Crippen LogP contribution in [-0.2, 0) is 25.6 Å². The molecule has 1 amide bonds. The molecule has 2 saturated carbocycles. The molecular formula is C31H33N3O7. The van der Waals surface area contributed by atoms with Crippen molar-refractivity contribution >= 4 is 46.9 Å². The van der Waals surface area contributed by atoms with Crippen LogP contribution in [0, 0.1) is 23.7 Å². The molecule has 2 aromatic carbocycles. The van der Waals surface area contributed by atoms with Gasteiger partial charge in [-0.2, -0.15) is 0 Å². The molecule has 6 atom stereocenters. The van der Waals surface area contributed by atoms with E-state index in [1.807, 2.05) is 49.3 Å². The molecule has 0 aromatic heterocycles. The number of primary amides is 1.